The van der Waals surface area contributed by atoms with Gasteiger partial charge in [-0.05, 0) is 40.7 Å². The Hall–Kier alpha value is -3.28. The number of hydrogen-bond donors (Lipinski definition) is 1. The molecule has 2 amide bonds. The van der Waals surface area contributed by atoms with Crippen LogP contribution in [0.15, 0.2) is 78.9 Å². The van der Waals surface area contributed by atoms with Crippen molar-refractivity contribution in [3.8, 4) is 0 Å². The van der Waals surface area contributed by atoms with Gasteiger partial charge in [0.2, 0.25) is 0 Å². The maximum absolute atomic E-state index is 13.4. The molecule has 3 rings (SSSR count). The van der Waals surface area contributed by atoms with Gasteiger partial charge in [-0.25, -0.2) is 4.79 Å². The number of nitrogens with one attached hydrogen (secondary N) is 1. The van der Waals surface area contributed by atoms with Gasteiger partial charge >= 0.3 is 12.2 Å². The third-order valence-electron chi connectivity index (χ3n) is 5.47. The minimum atomic E-state index is -4.55. The number of halogens is 3. The first kappa shape index (κ1) is 24.4. The SMILES string of the molecule is CC(C)(C)c1ccc(CN(CCc2ccccc2)C(=O)Nc2ccccc2C(F)(F)F)cc1. The molecule has 0 fully saturated rings. The largest absolute Gasteiger partial charge is 0.418 e. The van der Waals surface area contributed by atoms with E-state index in [1.807, 2.05) is 54.6 Å². The Morgan fingerprint density at radius 3 is 2.03 bits per heavy atom. The Morgan fingerprint density at radius 1 is 0.818 bits per heavy atom. The van der Waals surface area contributed by atoms with Gasteiger partial charge in [0.1, 0.15) is 0 Å². The van der Waals surface area contributed by atoms with Crippen molar-refractivity contribution in [1.29, 1.82) is 0 Å². The number of carbonyl (C=O) groups excluding carboxylic acids is 1. The topological polar surface area (TPSA) is 32.3 Å². The molecular formula is C27H29F3N2O. The molecule has 0 heterocycles. The van der Waals surface area contributed by atoms with Crippen LogP contribution < -0.4 is 5.32 Å². The summed E-state index contributed by atoms with van der Waals surface area (Å²) in [6, 6.07) is 22.1. The smallest absolute Gasteiger partial charge is 0.320 e. The number of hydrogen-bond acceptors (Lipinski definition) is 1. The highest BCUT2D eigenvalue weighted by Crippen LogP contribution is 2.34. The zero-order chi connectivity index (χ0) is 24.1. The van der Waals surface area contributed by atoms with E-state index in [0.717, 1.165) is 17.2 Å². The van der Waals surface area contributed by atoms with Crippen molar-refractivity contribution in [2.24, 2.45) is 0 Å². The van der Waals surface area contributed by atoms with E-state index in [4.69, 9.17) is 0 Å². The fraction of sp³-hybridized carbons (Fsp3) is 0.296. The molecule has 3 aromatic carbocycles. The highest BCUT2D eigenvalue weighted by molar-refractivity contribution is 5.90. The van der Waals surface area contributed by atoms with Gasteiger partial charge in [0.25, 0.3) is 0 Å². The van der Waals surface area contributed by atoms with Crippen LogP contribution in [0.3, 0.4) is 0 Å². The average molecular weight is 455 g/mol. The van der Waals surface area contributed by atoms with Crippen LogP contribution >= 0.6 is 0 Å². The van der Waals surface area contributed by atoms with Crippen molar-refractivity contribution >= 4 is 11.7 Å². The molecule has 0 spiro atoms. The van der Waals surface area contributed by atoms with E-state index in [1.54, 1.807) is 4.90 Å². The van der Waals surface area contributed by atoms with E-state index < -0.39 is 17.8 Å². The maximum Gasteiger partial charge on any atom is 0.418 e. The third-order valence-corrected chi connectivity index (χ3v) is 5.47. The summed E-state index contributed by atoms with van der Waals surface area (Å²) in [5, 5.41) is 2.48. The van der Waals surface area contributed by atoms with Crippen LogP contribution in [0.2, 0.25) is 0 Å². The monoisotopic (exact) mass is 454 g/mol. The molecule has 0 aromatic heterocycles. The zero-order valence-corrected chi connectivity index (χ0v) is 19.1. The highest BCUT2D eigenvalue weighted by Gasteiger charge is 2.34. The Bertz CT molecular complexity index is 1060. The maximum atomic E-state index is 13.4. The molecule has 0 atom stereocenters. The molecule has 0 saturated heterocycles. The van der Waals surface area contributed by atoms with Gasteiger partial charge < -0.3 is 10.2 Å². The Kier molecular flexibility index (Phi) is 7.46. The fourth-order valence-corrected chi connectivity index (χ4v) is 3.53. The summed E-state index contributed by atoms with van der Waals surface area (Å²) in [5.41, 5.74) is 2.03. The molecule has 3 aromatic rings. The first-order valence-corrected chi connectivity index (χ1v) is 10.9. The van der Waals surface area contributed by atoms with E-state index in [0.29, 0.717) is 13.0 Å². The number of rotatable bonds is 6. The quantitative estimate of drug-likeness (QED) is 0.417. The summed E-state index contributed by atoms with van der Waals surface area (Å²) in [6.07, 6.45) is -3.96. The lowest BCUT2D eigenvalue weighted by atomic mass is 9.87. The second kappa shape index (κ2) is 10.1. The Morgan fingerprint density at radius 2 is 1.42 bits per heavy atom. The molecule has 0 aliphatic carbocycles. The van der Waals surface area contributed by atoms with Crippen molar-refractivity contribution in [2.45, 2.75) is 45.3 Å². The van der Waals surface area contributed by atoms with Crippen molar-refractivity contribution in [3.05, 3.63) is 101 Å². The standard InChI is InChI=1S/C27H29F3N2O/c1-26(2,3)22-15-13-21(14-16-22)19-32(18-17-20-9-5-4-6-10-20)25(33)31-24-12-8-7-11-23(24)27(28,29)30/h4-16H,17-19H2,1-3H3,(H,31,33). The lowest BCUT2D eigenvalue weighted by Crippen LogP contribution is -2.36. The number of alkyl halides is 3. The molecule has 174 valence electrons. The molecule has 33 heavy (non-hydrogen) atoms. The lowest BCUT2D eigenvalue weighted by Gasteiger charge is -2.25. The number of benzene rings is 3. The van der Waals surface area contributed by atoms with Gasteiger partial charge in [-0.1, -0.05) is 87.5 Å². The molecule has 6 heteroatoms. The van der Waals surface area contributed by atoms with Crippen molar-refractivity contribution in [1.82, 2.24) is 4.90 Å². The summed E-state index contributed by atoms with van der Waals surface area (Å²) in [5.74, 6) is 0. The normalized spacial score (nSPS) is 11.8. The van der Waals surface area contributed by atoms with Gasteiger partial charge in [-0.15, -0.1) is 0 Å². The molecule has 1 N–H and O–H groups in total. The molecule has 3 nitrogen and oxygen atoms in total. The molecule has 0 bridgehead atoms. The van der Waals surface area contributed by atoms with Gasteiger partial charge in [0.15, 0.2) is 0 Å². The van der Waals surface area contributed by atoms with Gasteiger partial charge in [-0.2, -0.15) is 13.2 Å². The summed E-state index contributed by atoms with van der Waals surface area (Å²) in [7, 11) is 0. The molecule has 0 aliphatic rings. The summed E-state index contributed by atoms with van der Waals surface area (Å²) >= 11 is 0. The number of nitrogens with zero attached hydrogens (tertiary/aromatic N) is 1. The fourth-order valence-electron chi connectivity index (χ4n) is 3.53. The summed E-state index contributed by atoms with van der Waals surface area (Å²) in [6.45, 7) is 7.03. The number of urea groups is 1. The molecule has 0 unspecified atom stereocenters. The second-order valence-electron chi connectivity index (χ2n) is 9.08. The van der Waals surface area contributed by atoms with Crippen LogP contribution in [0.5, 0.6) is 0 Å². The zero-order valence-electron chi connectivity index (χ0n) is 19.1. The summed E-state index contributed by atoms with van der Waals surface area (Å²) < 4.78 is 40.2. The lowest BCUT2D eigenvalue weighted by molar-refractivity contribution is -0.136. The molecular weight excluding hydrogens is 425 g/mol. The number of anilines is 1. The van der Waals surface area contributed by atoms with Crippen LogP contribution in [0.4, 0.5) is 23.7 Å². The van der Waals surface area contributed by atoms with Crippen LogP contribution in [-0.2, 0) is 24.6 Å². The van der Waals surface area contributed by atoms with Gasteiger partial charge in [0.05, 0.1) is 11.3 Å². The van der Waals surface area contributed by atoms with Crippen LogP contribution in [-0.4, -0.2) is 17.5 Å². The Balaban J connectivity index is 1.81. The molecule has 0 saturated carbocycles. The van der Waals surface area contributed by atoms with Gasteiger partial charge in [-0.3, -0.25) is 0 Å². The second-order valence-corrected chi connectivity index (χ2v) is 9.08. The van der Waals surface area contributed by atoms with Crippen LogP contribution in [0.25, 0.3) is 0 Å². The predicted molar refractivity (Wildman–Crippen MR) is 126 cm³/mol. The van der Waals surface area contributed by atoms with E-state index in [1.165, 1.54) is 23.8 Å². The molecule has 0 aliphatic heterocycles. The van der Waals surface area contributed by atoms with Gasteiger partial charge in [0, 0.05) is 13.1 Å². The predicted octanol–water partition coefficient (Wildman–Crippen LogP) is 7.28. The Labute approximate surface area is 193 Å². The minimum absolute atomic E-state index is 0.00417. The third kappa shape index (κ3) is 6.85. The average Bonchev–Trinajstić information content (AvgIpc) is 2.76. The number of carbonyl (C=O) groups is 1. The first-order valence-electron chi connectivity index (χ1n) is 10.9. The number of para-hydroxylation sites is 1. The van der Waals surface area contributed by atoms with Crippen molar-refractivity contribution < 1.29 is 18.0 Å². The number of amides is 2. The van der Waals surface area contributed by atoms with E-state index >= 15 is 0 Å². The van der Waals surface area contributed by atoms with E-state index in [9.17, 15) is 18.0 Å². The van der Waals surface area contributed by atoms with Crippen molar-refractivity contribution in [2.75, 3.05) is 11.9 Å². The van der Waals surface area contributed by atoms with E-state index in [2.05, 4.69) is 26.1 Å². The minimum Gasteiger partial charge on any atom is -0.320 e. The van der Waals surface area contributed by atoms with Crippen LogP contribution in [0.1, 0.15) is 43.0 Å². The highest BCUT2D eigenvalue weighted by atomic mass is 19.4. The summed E-state index contributed by atoms with van der Waals surface area (Å²) in [4.78, 5) is 14.6. The van der Waals surface area contributed by atoms with E-state index in [-0.39, 0.29) is 17.6 Å². The molecule has 0 radical (unpaired) electrons. The first-order chi connectivity index (χ1) is 15.5. The van der Waals surface area contributed by atoms with Crippen molar-refractivity contribution in [3.63, 3.8) is 0 Å². The van der Waals surface area contributed by atoms with Crippen LogP contribution in [0, 0.1) is 0 Å².